The summed E-state index contributed by atoms with van der Waals surface area (Å²) in [5.41, 5.74) is 1.23. The van der Waals surface area contributed by atoms with Gasteiger partial charge in [0.05, 0.1) is 32.4 Å². The highest BCUT2D eigenvalue weighted by Gasteiger charge is 2.32. The van der Waals surface area contributed by atoms with Gasteiger partial charge in [0, 0.05) is 31.8 Å². The number of ether oxygens (including phenoxy) is 3. The van der Waals surface area contributed by atoms with Crippen LogP contribution in [0.5, 0.6) is 5.75 Å². The van der Waals surface area contributed by atoms with Crippen LogP contribution in [-0.2, 0) is 9.47 Å². The molecule has 3 aliphatic heterocycles. The monoisotopic (exact) mass is 572 g/mol. The SMILES string of the molecule is CCNC(=NCC(c1ccccc1OC)N1CCCCC1)N1CCOC(C2CCCO2)C1.I. The summed E-state index contributed by atoms with van der Waals surface area (Å²) in [6.07, 6.45) is 6.40. The van der Waals surface area contributed by atoms with Crippen molar-refractivity contribution in [3.05, 3.63) is 29.8 Å². The van der Waals surface area contributed by atoms with E-state index in [1.807, 2.05) is 6.07 Å². The molecule has 0 spiro atoms. The molecule has 1 N–H and O–H groups in total. The van der Waals surface area contributed by atoms with Gasteiger partial charge in [-0.05, 0) is 51.8 Å². The fraction of sp³-hybridized carbons (Fsp3) is 0.720. The number of piperidine rings is 1. The largest absolute Gasteiger partial charge is 0.496 e. The molecule has 0 radical (unpaired) electrons. The molecular formula is C25H41IN4O3. The van der Waals surface area contributed by atoms with E-state index in [9.17, 15) is 0 Å². The Hall–Kier alpha value is -1.10. The van der Waals surface area contributed by atoms with Gasteiger partial charge in [0.15, 0.2) is 5.96 Å². The van der Waals surface area contributed by atoms with Crippen molar-refractivity contribution in [3.63, 3.8) is 0 Å². The van der Waals surface area contributed by atoms with Crippen molar-refractivity contribution >= 4 is 29.9 Å². The number of hydrogen-bond acceptors (Lipinski definition) is 5. The maximum absolute atomic E-state index is 6.07. The Morgan fingerprint density at radius 1 is 1.09 bits per heavy atom. The average Bonchev–Trinajstić information content (AvgIpc) is 3.40. The van der Waals surface area contributed by atoms with Gasteiger partial charge in [-0.15, -0.1) is 24.0 Å². The molecule has 3 unspecified atom stereocenters. The summed E-state index contributed by atoms with van der Waals surface area (Å²) in [5, 5.41) is 3.53. The molecule has 33 heavy (non-hydrogen) atoms. The highest BCUT2D eigenvalue weighted by molar-refractivity contribution is 14.0. The third kappa shape index (κ3) is 6.96. The zero-order valence-corrected chi connectivity index (χ0v) is 22.5. The van der Waals surface area contributed by atoms with Crippen molar-refractivity contribution in [1.82, 2.24) is 15.1 Å². The van der Waals surface area contributed by atoms with E-state index in [-0.39, 0.29) is 42.2 Å². The molecule has 0 amide bonds. The molecule has 7 nitrogen and oxygen atoms in total. The Balaban J connectivity index is 0.00000306. The zero-order valence-electron chi connectivity index (χ0n) is 20.2. The van der Waals surface area contributed by atoms with Crippen LogP contribution in [0.4, 0.5) is 0 Å². The van der Waals surface area contributed by atoms with Crippen molar-refractivity contribution in [2.24, 2.45) is 4.99 Å². The highest BCUT2D eigenvalue weighted by Crippen LogP contribution is 2.31. The lowest BCUT2D eigenvalue weighted by molar-refractivity contribution is -0.0817. The number of likely N-dealkylation sites (tertiary alicyclic amines) is 1. The Labute approximate surface area is 216 Å². The van der Waals surface area contributed by atoms with Crippen molar-refractivity contribution < 1.29 is 14.2 Å². The first-order chi connectivity index (χ1) is 15.8. The summed E-state index contributed by atoms with van der Waals surface area (Å²) in [6, 6.07) is 8.63. The minimum Gasteiger partial charge on any atom is -0.496 e. The third-order valence-corrected chi connectivity index (χ3v) is 6.85. The van der Waals surface area contributed by atoms with Crippen LogP contribution in [0.1, 0.15) is 50.6 Å². The molecule has 3 atom stereocenters. The molecule has 0 saturated carbocycles. The van der Waals surface area contributed by atoms with Gasteiger partial charge in [0.25, 0.3) is 0 Å². The minimum absolute atomic E-state index is 0. The fourth-order valence-electron chi connectivity index (χ4n) is 5.17. The Morgan fingerprint density at radius 3 is 2.61 bits per heavy atom. The lowest BCUT2D eigenvalue weighted by atomic mass is 10.0. The van der Waals surface area contributed by atoms with Crippen molar-refractivity contribution in [2.45, 2.75) is 57.3 Å². The predicted octanol–water partition coefficient (Wildman–Crippen LogP) is 3.69. The van der Waals surface area contributed by atoms with Crippen LogP contribution in [0.25, 0.3) is 0 Å². The summed E-state index contributed by atoms with van der Waals surface area (Å²) >= 11 is 0. The van der Waals surface area contributed by atoms with Gasteiger partial charge in [0.1, 0.15) is 11.9 Å². The molecule has 186 valence electrons. The minimum atomic E-state index is 0. The number of nitrogens with zero attached hydrogens (tertiary/aromatic N) is 3. The standard InChI is InChI=1S/C25H40N4O3.HI/c1-3-26-25(29-15-17-32-24(19-29)23-12-9-16-31-23)27-18-21(28-13-7-4-8-14-28)20-10-5-6-11-22(20)30-2;/h5-6,10-11,21,23-24H,3-4,7-9,12-19H2,1-2H3,(H,26,27);1H. The zero-order chi connectivity index (χ0) is 22.2. The predicted molar refractivity (Wildman–Crippen MR) is 143 cm³/mol. The summed E-state index contributed by atoms with van der Waals surface area (Å²) in [6.45, 7) is 9.20. The van der Waals surface area contributed by atoms with Crippen LogP contribution in [0.3, 0.4) is 0 Å². The second-order valence-electron chi connectivity index (χ2n) is 8.96. The summed E-state index contributed by atoms with van der Waals surface area (Å²) in [7, 11) is 1.76. The Morgan fingerprint density at radius 2 is 1.88 bits per heavy atom. The number of hydrogen-bond donors (Lipinski definition) is 1. The second-order valence-corrected chi connectivity index (χ2v) is 8.96. The van der Waals surface area contributed by atoms with Crippen LogP contribution in [-0.4, -0.2) is 87.6 Å². The molecule has 0 bridgehead atoms. The molecule has 4 rings (SSSR count). The van der Waals surface area contributed by atoms with E-state index in [0.717, 1.165) is 70.5 Å². The van der Waals surface area contributed by atoms with Crippen molar-refractivity contribution in [1.29, 1.82) is 0 Å². The number of rotatable bonds is 7. The number of para-hydroxylation sites is 1. The second kappa shape index (κ2) is 13.7. The number of morpholine rings is 1. The lowest BCUT2D eigenvalue weighted by Crippen LogP contribution is -2.53. The van der Waals surface area contributed by atoms with Crippen LogP contribution in [0, 0.1) is 0 Å². The molecule has 8 heteroatoms. The van der Waals surface area contributed by atoms with Crippen LogP contribution in [0.2, 0.25) is 0 Å². The van der Waals surface area contributed by atoms with Gasteiger partial charge in [-0.25, -0.2) is 0 Å². The quantitative estimate of drug-likeness (QED) is 0.306. The summed E-state index contributed by atoms with van der Waals surface area (Å²) in [5.74, 6) is 1.93. The molecule has 1 aromatic rings. The Kier molecular flexibility index (Phi) is 11.0. The number of benzene rings is 1. The number of nitrogens with one attached hydrogen (secondary N) is 1. The Bertz CT molecular complexity index is 738. The first kappa shape index (κ1) is 26.5. The smallest absolute Gasteiger partial charge is 0.194 e. The van der Waals surface area contributed by atoms with E-state index >= 15 is 0 Å². The first-order valence-electron chi connectivity index (χ1n) is 12.4. The van der Waals surface area contributed by atoms with Gasteiger partial charge >= 0.3 is 0 Å². The van der Waals surface area contributed by atoms with E-state index in [2.05, 4.69) is 40.2 Å². The van der Waals surface area contributed by atoms with E-state index in [0.29, 0.717) is 6.54 Å². The van der Waals surface area contributed by atoms with Crippen LogP contribution >= 0.6 is 24.0 Å². The topological polar surface area (TPSA) is 58.6 Å². The number of methoxy groups -OCH3 is 1. The van der Waals surface area contributed by atoms with Gasteiger partial charge in [-0.1, -0.05) is 24.6 Å². The third-order valence-electron chi connectivity index (χ3n) is 6.85. The number of halogens is 1. The van der Waals surface area contributed by atoms with E-state index < -0.39 is 0 Å². The average molecular weight is 573 g/mol. The molecule has 3 saturated heterocycles. The summed E-state index contributed by atoms with van der Waals surface area (Å²) in [4.78, 5) is 10.1. The van der Waals surface area contributed by atoms with Gasteiger partial charge < -0.3 is 24.4 Å². The van der Waals surface area contributed by atoms with E-state index in [1.54, 1.807) is 7.11 Å². The van der Waals surface area contributed by atoms with Gasteiger partial charge in [-0.2, -0.15) is 0 Å². The van der Waals surface area contributed by atoms with E-state index in [4.69, 9.17) is 19.2 Å². The molecule has 3 heterocycles. The van der Waals surface area contributed by atoms with Crippen molar-refractivity contribution in [3.8, 4) is 5.75 Å². The maximum atomic E-state index is 6.07. The molecule has 3 fully saturated rings. The normalized spacial score (nSPS) is 25.4. The van der Waals surface area contributed by atoms with Gasteiger partial charge in [0.2, 0.25) is 0 Å². The first-order valence-corrected chi connectivity index (χ1v) is 12.4. The molecule has 1 aromatic carbocycles. The molecule has 0 aliphatic carbocycles. The summed E-state index contributed by atoms with van der Waals surface area (Å²) < 4.78 is 17.7. The maximum Gasteiger partial charge on any atom is 0.194 e. The molecule has 3 aliphatic rings. The van der Waals surface area contributed by atoms with Crippen LogP contribution < -0.4 is 10.1 Å². The molecular weight excluding hydrogens is 531 g/mol. The lowest BCUT2D eigenvalue weighted by Gasteiger charge is -2.38. The fourth-order valence-corrected chi connectivity index (χ4v) is 5.17. The molecule has 0 aromatic heterocycles. The number of guanidine groups is 1. The van der Waals surface area contributed by atoms with Gasteiger partial charge in [-0.3, -0.25) is 9.89 Å². The van der Waals surface area contributed by atoms with Crippen molar-refractivity contribution in [2.75, 3.05) is 59.6 Å². The van der Waals surface area contributed by atoms with Crippen LogP contribution in [0.15, 0.2) is 29.3 Å². The highest BCUT2D eigenvalue weighted by atomic mass is 127. The number of aliphatic imine (C=N–C) groups is 1. The van der Waals surface area contributed by atoms with E-state index in [1.165, 1.54) is 24.8 Å².